The zero-order valence-electron chi connectivity index (χ0n) is 17.9. The number of ether oxygens (including phenoxy) is 2. The predicted octanol–water partition coefficient (Wildman–Crippen LogP) is 2.42. The Morgan fingerprint density at radius 3 is 2.60 bits per heavy atom. The molecule has 9 nitrogen and oxygen atoms in total. The van der Waals surface area contributed by atoms with Gasteiger partial charge in [-0.1, -0.05) is 40.0 Å². The highest BCUT2D eigenvalue weighted by atomic mass is 19.1. The molecule has 1 aromatic rings. The Balaban J connectivity index is 1.87. The molecule has 30 heavy (non-hydrogen) atoms. The molecule has 10 heteroatoms. The second-order valence-electron chi connectivity index (χ2n) is 8.32. The fourth-order valence-corrected chi connectivity index (χ4v) is 3.28. The van der Waals surface area contributed by atoms with E-state index < -0.39 is 48.0 Å². The van der Waals surface area contributed by atoms with Gasteiger partial charge in [0.1, 0.15) is 12.2 Å². The van der Waals surface area contributed by atoms with Gasteiger partial charge in [0.2, 0.25) is 0 Å². The zero-order chi connectivity index (χ0) is 22.4. The number of anilines is 1. The lowest BCUT2D eigenvalue weighted by Gasteiger charge is -2.17. The summed E-state index contributed by atoms with van der Waals surface area (Å²) in [4.78, 5) is 27.6. The van der Waals surface area contributed by atoms with Crippen molar-refractivity contribution in [3.63, 3.8) is 0 Å². The highest BCUT2D eigenvalue weighted by Crippen LogP contribution is 2.28. The van der Waals surface area contributed by atoms with Gasteiger partial charge in [0.25, 0.3) is 0 Å². The average molecular weight is 429 g/mol. The maximum atomic E-state index is 14.3. The van der Waals surface area contributed by atoms with Gasteiger partial charge in [0.05, 0.1) is 18.9 Å². The van der Waals surface area contributed by atoms with Crippen molar-refractivity contribution in [2.24, 2.45) is 11.8 Å². The lowest BCUT2D eigenvalue weighted by Crippen LogP contribution is -2.36. The van der Waals surface area contributed by atoms with Crippen LogP contribution in [0.25, 0.3) is 0 Å². The number of nitrogens with zero attached hydrogens (tertiary/aromatic N) is 2. The van der Waals surface area contributed by atoms with E-state index in [4.69, 9.17) is 9.47 Å². The number of hydrogen-bond acceptors (Lipinski definition) is 7. The molecule has 2 heterocycles. The number of amides is 1. The molecule has 0 saturated carbocycles. The zero-order valence-corrected chi connectivity index (χ0v) is 17.9. The molecule has 5 unspecified atom stereocenters. The third-order valence-electron chi connectivity index (χ3n) is 5.20. The lowest BCUT2D eigenvalue weighted by atomic mass is 9.98. The molecule has 1 fully saturated rings. The lowest BCUT2D eigenvalue weighted by molar-refractivity contribution is -0.0355. The van der Waals surface area contributed by atoms with Crippen LogP contribution in [0, 0.1) is 17.7 Å². The van der Waals surface area contributed by atoms with Crippen molar-refractivity contribution in [1.82, 2.24) is 9.55 Å². The van der Waals surface area contributed by atoms with Crippen LogP contribution in [0.4, 0.5) is 15.0 Å². The highest BCUT2D eigenvalue weighted by molar-refractivity contribution is 5.83. The summed E-state index contributed by atoms with van der Waals surface area (Å²) in [6.45, 7) is 8.12. The smallest absolute Gasteiger partial charge is 0.412 e. The quantitative estimate of drug-likeness (QED) is 0.551. The largest absolute Gasteiger partial charge is 0.449 e. The molecule has 170 valence electrons. The number of nitrogens with one attached hydrogen (secondary N) is 1. The first kappa shape index (κ1) is 24.2. The van der Waals surface area contributed by atoms with E-state index in [0.29, 0.717) is 18.3 Å². The second-order valence-corrected chi connectivity index (χ2v) is 8.32. The predicted molar refractivity (Wildman–Crippen MR) is 107 cm³/mol. The van der Waals surface area contributed by atoms with E-state index in [0.717, 1.165) is 30.0 Å². The van der Waals surface area contributed by atoms with Crippen LogP contribution >= 0.6 is 0 Å². The van der Waals surface area contributed by atoms with Crippen molar-refractivity contribution in [3.05, 3.63) is 22.5 Å². The van der Waals surface area contributed by atoms with Crippen LogP contribution in [0.1, 0.15) is 59.6 Å². The Kier molecular flexibility index (Phi) is 8.75. The second kappa shape index (κ2) is 10.8. The Morgan fingerprint density at radius 1 is 1.30 bits per heavy atom. The van der Waals surface area contributed by atoms with Crippen molar-refractivity contribution < 1.29 is 28.9 Å². The monoisotopic (exact) mass is 429 g/mol. The number of rotatable bonds is 9. The molecule has 0 radical (unpaired) electrons. The van der Waals surface area contributed by atoms with E-state index in [2.05, 4.69) is 31.1 Å². The van der Waals surface area contributed by atoms with Crippen LogP contribution in [-0.4, -0.2) is 50.8 Å². The van der Waals surface area contributed by atoms with Crippen LogP contribution < -0.4 is 11.0 Å². The Morgan fingerprint density at radius 2 is 2.00 bits per heavy atom. The van der Waals surface area contributed by atoms with Crippen molar-refractivity contribution in [2.45, 2.75) is 77.9 Å². The van der Waals surface area contributed by atoms with Gasteiger partial charge < -0.3 is 19.7 Å². The number of aliphatic hydroxyl groups excluding tert-OH is 2. The van der Waals surface area contributed by atoms with E-state index in [1.807, 2.05) is 0 Å². The molecule has 0 spiro atoms. The number of carbonyl (C=O) groups excluding carboxylic acids is 1. The van der Waals surface area contributed by atoms with Gasteiger partial charge in [-0.25, -0.2) is 14.0 Å². The summed E-state index contributed by atoms with van der Waals surface area (Å²) in [5, 5.41) is 21.8. The molecule has 0 bridgehead atoms. The molecule has 3 N–H and O–H groups in total. The summed E-state index contributed by atoms with van der Waals surface area (Å²) in [6, 6.07) is 0. The van der Waals surface area contributed by atoms with Gasteiger partial charge in [-0.05, 0) is 25.2 Å². The van der Waals surface area contributed by atoms with Crippen molar-refractivity contribution in [2.75, 3.05) is 11.9 Å². The van der Waals surface area contributed by atoms with Crippen molar-refractivity contribution >= 4 is 11.9 Å². The van der Waals surface area contributed by atoms with Gasteiger partial charge in [0.15, 0.2) is 17.9 Å². The molecule has 1 amide bonds. The molecular formula is C20H32FN3O6. The molecule has 1 aliphatic heterocycles. The first-order chi connectivity index (χ1) is 14.1. The molecule has 1 aliphatic rings. The van der Waals surface area contributed by atoms with E-state index in [1.165, 1.54) is 6.92 Å². The summed E-state index contributed by atoms with van der Waals surface area (Å²) in [5.74, 6) is -0.522. The molecule has 5 atom stereocenters. The summed E-state index contributed by atoms with van der Waals surface area (Å²) in [7, 11) is 0. The van der Waals surface area contributed by atoms with Crippen LogP contribution in [-0.2, 0) is 9.47 Å². The highest BCUT2D eigenvalue weighted by Gasteiger charge is 2.42. The minimum Gasteiger partial charge on any atom is -0.449 e. The Bertz CT molecular complexity index is 771. The minimum atomic E-state index is -1.41. The topological polar surface area (TPSA) is 123 Å². The minimum absolute atomic E-state index is 0.172. The van der Waals surface area contributed by atoms with E-state index >= 15 is 0 Å². The van der Waals surface area contributed by atoms with Crippen molar-refractivity contribution in [3.8, 4) is 0 Å². The Labute approximate surface area is 175 Å². The van der Waals surface area contributed by atoms with Gasteiger partial charge in [-0.3, -0.25) is 9.88 Å². The number of aliphatic hydroxyl groups is 2. The van der Waals surface area contributed by atoms with Crippen LogP contribution in [0.5, 0.6) is 0 Å². The standard InChI is InChI=1S/C20H32FN3O6/c1-11(2)6-5-7-12(3)8-9-29-20(28)23-17-14(21)10-24(19(27)22-17)18-16(26)15(25)13(4)30-18/h10-13,15-16,18,25-26H,5-9H2,1-4H3,(H,22,23,27,28). The maximum absolute atomic E-state index is 14.3. The van der Waals surface area contributed by atoms with Crippen molar-refractivity contribution in [1.29, 1.82) is 0 Å². The van der Waals surface area contributed by atoms with E-state index in [1.54, 1.807) is 0 Å². The normalized spacial score (nSPS) is 24.8. The van der Waals surface area contributed by atoms with Gasteiger partial charge in [-0.2, -0.15) is 4.98 Å². The fraction of sp³-hybridized carbons (Fsp3) is 0.750. The molecule has 1 aromatic heterocycles. The average Bonchev–Trinajstić information content (AvgIpc) is 2.91. The summed E-state index contributed by atoms with van der Waals surface area (Å²) >= 11 is 0. The molecule has 1 saturated heterocycles. The SMILES string of the molecule is CC(C)CCCC(C)CCOC(=O)Nc1nc(=O)n(C2OC(C)C(O)C2O)cc1F. The van der Waals surface area contributed by atoms with Gasteiger partial charge >= 0.3 is 11.8 Å². The molecule has 0 aromatic carbocycles. The number of aromatic nitrogens is 2. The van der Waals surface area contributed by atoms with Gasteiger partial charge in [-0.15, -0.1) is 0 Å². The molecule has 0 aliphatic carbocycles. The van der Waals surface area contributed by atoms with Gasteiger partial charge in [0, 0.05) is 0 Å². The van der Waals surface area contributed by atoms with E-state index in [-0.39, 0.29) is 6.61 Å². The van der Waals surface area contributed by atoms with Crippen LogP contribution in [0.3, 0.4) is 0 Å². The van der Waals surface area contributed by atoms with E-state index in [9.17, 15) is 24.2 Å². The summed E-state index contributed by atoms with van der Waals surface area (Å²) in [5.41, 5.74) is -0.948. The molecule has 2 rings (SSSR count). The van der Waals surface area contributed by atoms with Crippen LogP contribution in [0.2, 0.25) is 0 Å². The third kappa shape index (κ3) is 6.48. The first-order valence-electron chi connectivity index (χ1n) is 10.3. The number of hydrogen-bond donors (Lipinski definition) is 3. The maximum Gasteiger partial charge on any atom is 0.412 e. The molecular weight excluding hydrogens is 397 g/mol. The number of halogens is 1. The summed E-state index contributed by atoms with van der Waals surface area (Å²) in [6.07, 6.45) is -0.789. The number of carbonyl (C=O) groups is 1. The third-order valence-corrected chi connectivity index (χ3v) is 5.20. The fourth-order valence-electron chi connectivity index (χ4n) is 3.28. The first-order valence-corrected chi connectivity index (χ1v) is 10.3. The van der Waals surface area contributed by atoms with Crippen LogP contribution in [0.15, 0.2) is 11.0 Å². The summed E-state index contributed by atoms with van der Waals surface area (Å²) < 4.78 is 25.4. The Hall–Kier alpha value is -2.04.